The molecule has 3 aromatic rings. The first kappa shape index (κ1) is 27.0. The molecule has 1 saturated heterocycles. The van der Waals surface area contributed by atoms with Gasteiger partial charge < -0.3 is 26.2 Å². The second-order valence-electron chi connectivity index (χ2n) is 8.46. The lowest BCUT2D eigenvalue weighted by Gasteiger charge is -2.24. The molecule has 2 fully saturated rings. The van der Waals surface area contributed by atoms with Crippen molar-refractivity contribution in [3.63, 3.8) is 0 Å². The Labute approximate surface area is 211 Å². The fourth-order valence-corrected chi connectivity index (χ4v) is 5.00. The molecule has 1 aromatic heterocycles. The maximum atomic E-state index is 13.9. The van der Waals surface area contributed by atoms with E-state index in [1.54, 1.807) is 6.07 Å². The molecule has 0 bridgehead atoms. The number of aliphatic hydroxyl groups is 1. The summed E-state index contributed by atoms with van der Waals surface area (Å²) in [4.78, 5) is 8.70. The Balaban J connectivity index is 0.000000369. The van der Waals surface area contributed by atoms with Gasteiger partial charge in [0.1, 0.15) is 23.7 Å². The SMILES string of the molecule is C1CSCCN1.CO.Cc1cc(N)cc2ncnc(Nc3ccc(F)cc3OC3CCCCC3)c12. The average molecular weight is 502 g/mol. The van der Waals surface area contributed by atoms with Crippen molar-refractivity contribution in [2.75, 3.05) is 42.8 Å². The Kier molecular flexibility index (Phi) is 10.8. The number of nitrogens with two attached hydrogens (primary N) is 1. The van der Waals surface area contributed by atoms with Crippen LogP contribution in [0.3, 0.4) is 0 Å². The van der Waals surface area contributed by atoms with E-state index < -0.39 is 0 Å². The minimum atomic E-state index is -0.317. The molecule has 35 heavy (non-hydrogen) atoms. The maximum Gasteiger partial charge on any atom is 0.146 e. The number of anilines is 3. The fourth-order valence-electron chi connectivity index (χ4n) is 4.22. The van der Waals surface area contributed by atoms with Crippen molar-refractivity contribution >= 4 is 39.9 Å². The van der Waals surface area contributed by atoms with Gasteiger partial charge in [0.2, 0.25) is 0 Å². The zero-order valence-corrected chi connectivity index (χ0v) is 21.3. The second-order valence-corrected chi connectivity index (χ2v) is 9.68. The van der Waals surface area contributed by atoms with Crippen LogP contribution in [0.2, 0.25) is 0 Å². The third-order valence-electron chi connectivity index (χ3n) is 5.85. The molecule has 1 saturated carbocycles. The van der Waals surface area contributed by atoms with Crippen LogP contribution in [-0.2, 0) is 0 Å². The summed E-state index contributed by atoms with van der Waals surface area (Å²) in [6, 6.07) is 8.25. The number of aryl methyl sites for hydroxylation is 1. The summed E-state index contributed by atoms with van der Waals surface area (Å²) in [6.45, 7) is 4.40. The molecule has 0 unspecified atom stereocenters. The Morgan fingerprint density at radius 2 is 1.83 bits per heavy atom. The van der Waals surface area contributed by atoms with E-state index >= 15 is 0 Å². The van der Waals surface area contributed by atoms with Crippen molar-refractivity contribution in [1.29, 1.82) is 0 Å². The predicted octanol–water partition coefficient (Wildman–Crippen LogP) is 5.05. The van der Waals surface area contributed by atoms with E-state index in [-0.39, 0.29) is 11.9 Å². The van der Waals surface area contributed by atoms with Crippen molar-refractivity contribution in [3.05, 3.63) is 48.0 Å². The van der Waals surface area contributed by atoms with Crippen molar-refractivity contribution in [3.8, 4) is 5.75 Å². The van der Waals surface area contributed by atoms with Gasteiger partial charge in [0.25, 0.3) is 0 Å². The second kappa shape index (κ2) is 14.1. The predicted molar refractivity (Wildman–Crippen MR) is 144 cm³/mol. The quantitative estimate of drug-likeness (QED) is 0.368. The summed E-state index contributed by atoms with van der Waals surface area (Å²) in [5.41, 5.74) is 9.02. The van der Waals surface area contributed by atoms with E-state index in [9.17, 15) is 4.39 Å². The number of hydrogen-bond acceptors (Lipinski definition) is 8. The molecule has 2 aromatic carbocycles. The summed E-state index contributed by atoms with van der Waals surface area (Å²) < 4.78 is 20.0. The number of fused-ring (bicyclic) bond motifs is 1. The highest BCUT2D eigenvalue weighted by atomic mass is 32.2. The van der Waals surface area contributed by atoms with Crippen LogP contribution in [0.4, 0.5) is 21.6 Å². The van der Waals surface area contributed by atoms with Crippen LogP contribution < -0.4 is 21.1 Å². The van der Waals surface area contributed by atoms with Crippen molar-refractivity contribution in [2.24, 2.45) is 0 Å². The van der Waals surface area contributed by atoms with E-state index in [1.807, 2.05) is 30.8 Å². The molecular weight excluding hydrogens is 465 g/mol. The summed E-state index contributed by atoms with van der Waals surface area (Å²) in [5.74, 6) is 3.46. The van der Waals surface area contributed by atoms with Gasteiger partial charge in [-0.05, 0) is 62.4 Å². The van der Waals surface area contributed by atoms with Gasteiger partial charge in [0, 0.05) is 48.8 Å². The first-order valence-corrected chi connectivity index (χ1v) is 13.2. The number of nitrogens with one attached hydrogen (secondary N) is 2. The third-order valence-corrected chi connectivity index (χ3v) is 6.83. The number of rotatable bonds is 4. The Morgan fingerprint density at radius 1 is 1.09 bits per heavy atom. The summed E-state index contributed by atoms with van der Waals surface area (Å²) in [6.07, 6.45) is 7.18. The molecule has 1 aliphatic carbocycles. The van der Waals surface area contributed by atoms with Crippen molar-refractivity contribution < 1.29 is 14.2 Å². The number of thioether (sulfide) groups is 1. The molecule has 190 valence electrons. The van der Waals surface area contributed by atoms with Crippen LogP contribution >= 0.6 is 11.8 Å². The minimum Gasteiger partial charge on any atom is -0.488 e. The van der Waals surface area contributed by atoms with Gasteiger partial charge >= 0.3 is 0 Å². The Hall–Kier alpha value is -2.62. The number of halogens is 1. The zero-order chi connectivity index (χ0) is 25.0. The number of ether oxygens (including phenoxy) is 1. The summed E-state index contributed by atoms with van der Waals surface area (Å²) in [7, 11) is 1.00. The van der Waals surface area contributed by atoms with Crippen LogP contribution in [0.5, 0.6) is 5.75 Å². The van der Waals surface area contributed by atoms with Crippen LogP contribution in [0.25, 0.3) is 10.9 Å². The van der Waals surface area contributed by atoms with Crippen LogP contribution in [0.1, 0.15) is 37.7 Å². The molecular formula is C26H36FN5O2S. The lowest BCUT2D eigenvalue weighted by atomic mass is 9.98. The lowest BCUT2D eigenvalue weighted by Crippen LogP contribution is -2.24. The average Bonchev–Trinajstić information content (AvgIpc) is 2.89. The summed E-state index contributed by atoms with van der Waals surface area (Å²) in [5, 5.41) is 14.5. The highest BCUT2D eigenvalue weighted by Gasteiger charge is 2.18. The normalized spacial score (nSPS) is 15.9. The third kappa shape index (κ3) is 7.95. The standard InChI is InChI=1S/C21H23FN4O.C4H9NS.CH4O/c1-13-9-15(23)11-18-20(13)21(25-12-24-18)26-17-8-7-14(22)10-19(17)27-16-5-3-2-4-6-16;1-3-6-4-2-5-1;1-2/h7-12,16H,2-6,23H2,1H3,(H,24,25,26);5H,1-4H2;2H,1H3. The van der Waals surface area contributed by atoms with Gasteiger partial charge in [-0.15, -0.1) is 0 Å². The molecule has 0 atom stereocenters. The summed E-state index contributed by atoms with van der Waals surface area (Å²) >= 11 is 2.03. The Bertz CT molecular complexity index is 1060. The molecule has 1 aliphatic heterocycles. The van der Waals surface area contributed by atoms with E-state index in [1.165, 1.54) is 49.5 Å². The molecule has 0 radical (unpaired) electrons. The lowest BCUT2D eigenvalue weighted by molar-refractivity contribution is 0.155. The molecule has 7 nitrogen and oxygen atoms in total. The molecule has 2 heterocycles. The molecule has 5 rings (SSSR count). The van der Waals surface area contributed by atoms with Crippen molar-refractivity contribution in [2.45, 2.75) is 45.1 Å². The van der Waals surface area contributed by atoms with E-state index in [0.717, 1.165) is 49.3 Å². The van der Waals surface area contributed by atoms with E-state index in [4.69, 9.17) is 15.6 Å². The van der Waals surface area contributed by atoms with Gasteiger partial charge in [-0.25, -0.2) is 14.4 Å². The minimum absolute atomic E-state index is 0.129. The number of aliphatic hydroxyl groups excluding tert-OH is 1. The maximum absolute atomic E-state index is 13.9. The zero-order valence-electron chi connectivity index (χ0n) is 20.5. The largest absolute Gasteiger partial charge is 0.488 e. The first-order chi connectivity index (χ1) is 17.1. The molecule has 0 amide bonds. The monoisotopic (exact) mass is 501 g/mol. The number of nitrogens with zero attached hydrogens (tertiary/aromatic N) is 2. The number of hydrogen-bond donors (Lipinski definition) is 4. The van der Waals surface area contributed by atoms with Crippen molar-refractivity contribution in [1.82, 2.24) is 15.3 Å². The smallest absolute Gasteiger partial charge is 0.146 e. The van der Waals surface area contributed by atoms with E-state index in [0.29, 0.717) is 22.9 Å². The topological polar surface area (TPSA) is 105 Å². The van der Waals surface area contributed by atoms with E-state index in [2.05, 4.69) is 20.6 Å². The van der Waals surface area contributed by atoms with Crippen LogP contribution in [0, 0.1) is 12.7 Å². The number of nitrogen functional groups attached to an aromatic ring is 1. The number of benzene rings is 2. The fraction of sp³-hybridized carbons (Fsp3) is 0.462. The molecule has 0 spiro atoms. The molecule has 5 N–H and O–H groups in total. The highest BCUT2D eigenvalue weighted by molar-refractivity contribution is 7.99. The van der Waals surface area contributed by atoms with Gasteiger partial charge in [-0.2, -0.15) is 11.8 Å². The Morgan fingerprint density at radius 3 is 2.49 bits per heavy atom. The number of aromatic nitrogens is 2. The van der Waals surface area contributed by atoms with Gasteiger partial charge in [0.15, 0.2) is 0 Å². The van der Waals surface area contributed by atoms with Gasteiger partial charge in [0.05, 0.1) is 17.3 Å². The van der Waals surface area contributed by atoms with Crippen LogP contribution in [-0.4, -0.2) is 52.9 Å². The molecule has 9 heteroatoms. The first-order valence-electron chi connectivity index (χ1n) is 12.1. The van der Waals surface area contributed by atoms with Crippen LogP contribution in [0.15, 0.2) is 36.7 Å². The highest BCUT2D eigenvalue weighted by Crippen LogP contribution is 2.34. The van der Waals surface area contributed by atoms with Gasteiger partial charge in [-0.3, -0.25) is 0 Å². The molecule has 2 aliphatic rings. The van der Waals surface area contributed by atoms with Gasteiger partial charge in [-0.1, -0.05) is 6.42 Å².